The Morgan fingerprint density at radius 2 is 1.79 bits per heavy atom. The maximum absolute atomic E-state index is 13.3. The molecule has 0 spiro atoms. The smallest absolute Gasteiger partial charge is 0.258 e. The van der Waals surface area contributed by atoms with E-state index < -0.39 is 0 Å². The van der Waals surface area contributed by atoms with Gasteiger partial charge in [0.05, 0.1) is 0 Å². The Morgan fingerprint density at radius 3 is 2.54 bits per heavy atom. The summed E-state index contributed by atoms with van der Waals surface area (Å²) in [6.07, 6.45) is 5.60. The molecule has 3 aliphatic heterocycles. The zero-order valence-corrected chi connectivity index (χ0v) is 17.3. The van der Waals surface area contributed by atoms with Crippen molar-refractivity contribution in [2.75, 3.05) is 32.6 Å². The molecule has 0 radical (unpaired) electrons. The lowest BCUT2D eigenvalue weighted by molar-refractivity contribution is 0.00589. The van der Waals surface area contributed by atoms with E-state index in [0.29, 0.717) is 17.9 Å². The minimum atomic E-state index is 0.184. The van der Waals surface area contributed by atoms with E-state index in [1.807, 2.05) is 0 Å². The van der Waals surface area contributed by atoms with Crippen LogP contribution in [0.3, 0.4) is 0 Å². The van der Waals surface area contributed by atoms with Gasteiger partial charge in [-0.25, -0.2) is 0 Å². The molecule has 5 rings (SSSR count). The van der Waals surface area contributed by atoms with Crippen LogP contribution in [0.1, 0.15) is 30.9 Å². The highest BCUT2D eigenvalue weighted by molar-refractivity contribution is 7.98. The number of rotatable bonds is 3. The normalized spacial score (nSPS) is 25.5. The Morgan fingerprint density at radius 1 is 1.00 bits per heavy atom. The lowest BCUT2D eigenvalue weighted by Crippen LogP contribution is -2.51. The van der Waals surface area contributed by atoms with Crippen molar-refractivity contribution in [1.29, 1.82) is 0 Å². The van der Waals surface area contributed by atoms with E-state index in [1.165, 1.54) is 17.0 Å². The van der Waals surface area contributed by atoms with Crippen LogP contribution in [0.15, 0.2) is 46.1 Å². The number of fused-ring (bicyclic) bond motifs is 4. The molecule has 28 heavy (non-hydrogen) atoms. The fourth-order valence-corrected chi connectivity index (χ4v) is 5.73. The van der Waals surface area contributed by atoms with E-state index in [-0.39, 0.29) is 5.56 Å². The summed E-state index contributed by atoms with van der Waals surface area (Å²) < 4.78 is 7.63. The van der Waals surface area contributed by atoms with Crippen molar-refractivity contribution in [2.45, 2.75) is 42.7 Å². The molecule has 2 aromatic rings. The molecule has 5 heteroatoms. The number of hydrogen-bond donors (Lipinski definition) is 0. The van der Waals surface area contributed by atoms with E-state index in [0.717, 1.165) is 56.8 Å². The largest absolute Gasteiger partial charge is 0.381 e. The van der Waals surface area contributed by atoms with E-state index in [2.05, 4.69) is 52.1 Å². The highest BCUT2D eigenvalue weighted by Gasteiger charge is 2.37. The van der Waals surface area contributed by atoms with Gasteiger partial charge in [-0.2, -0.15) is 0 Å². The summed E-state index contributed by atoms with van der Waals surface area (Å²) in [6, 6.07) is 13.3. The second kappa shape index (κ2) is 7.69. The molecule has 0 aliphatic carbocycles. The number of thioether (sulfide) groups is 1. The molecule has 3 aliphatic rings. The third-order valence-corrected chi connectivity index (χ3v) is 7.48. The predicted molar refractivity (Wildman–Crippen MR) is 114 cm³/mol. The van der Waals surface area contributed by atoms with Crippen LogP contribution in [0.25, 0.3) is 11.1 Å². The van der Waals surface area contributed by atoms with Crippen molar-refractivity contribution in [3.63, 3.8) is 0 Å². The quantitative estimate of drug-likeness (QED) is 0.739. The van der Waals surface area contributed by atoms with Gasteiger partial charge in [0.2, 0.25) is 0 Å². The topological polar surface area (TPSA) is 34.5 Å². The van der Waals surface area contributed by atoms with Crippen LogP contribution in [0, 0.1) is 5.92 Å². The average Bonchev–Trinajstić information content (AvgIpc) is 2.75. The number of nitrogens with zero attached hydrogens (tertiary/aromatic N) is 2. The van der Waals surface area contributed by atoms with Crippen LogP contribution < -0.4 is 5.56 Å². The van der Waals surface area contributed by atoms with Crippen LogP contribution in [-0.4, -0.2) is 48.1 Å². The maximum Gasteiger partial charge on any atom is 0.258 e. The molecule has 1 aromatic heterocycles. The summed E-state index contributed by atoms with van der Waals surface area (Å²) in [6.45, 7) is 4.86. The maximum atomic E-state index is 13.3. The van der Waals surface area contributed by atoms with E-state index in [1.54, 1.807) is 11.8 Å². The van der Waals surface area contributed by atoms with E-state index in [9.17, 15) is 4.79 Å². The van der Waals surface area contributed by atoms with E-state index in [4.69, 9.17) is 4.74 Å². The number of likely N-dealkylation sites (tertiary alicyclic amines) is 1. The first-order valence-electron chi connectivity index (χ1n) is 10.4. The van der Waals surface area contributed by atoms with Crippen LogP contribution in [0.2, 0.25) is 0 Å². The highest BCUT2D eigenvalue weighted by atomic mass is 32.2. The molecule has 1 aromatic carbocycles. The zero-order valence-electron chi connectivity index (χ0n) is 16.5. The Hall–Kier alpha value is -1.56. The van der Waals surface area contributed by atoms with Gasteiger partial charge in [0.15, 0.2) is 0 Å². The molecule has 0 unspecified atom stereocenters. The molecule has 0 N–H and O–H groups in total. The van der Waals surface area contributed by atoms with Crippen LogP contribution in [0.5, 0.6) is 0 Å². The average molecular weight is 397 g/mol. The SMILES string of the molecule is CSc1ccc(-c2ccc3n(c2=O)C[C@@H]2C[C@@H]3CN(C3CCOCC3)C2)cc1. The van der Waals surface area contributed by atoms with Gasteiger partial charge in [0.25, 0.3) is 5.56 Å². The molecular weight excluding hydrogens is 368 g/mol. The number of hydrogen-bond acceptors (Lipinski definition) is 4. The summed E-state index contributed by atoms with van der Waals surface area (Å²) in [5.74, 6) is 1.07. The Bertz CT molecular complexity index is 902. The molecule has 0 amide bonds. The fourth-order valence-electron chi connectivity index (χ4n) is 5.32. The molecule has 2 fully saturated rings. The van der Waals surface area contributed by atoms with Gasteiger partial charge in [-0.15, -0.1) is 11.8 Å². The fraction of sp³-hybridized carbons (Fsp3) is 0.522. The molecule has 2 bridgehead atoms. The Labute approximate surface area is 170 Å². The minimum absolute atomic E-state index is 0.184. The first-order chi connectivity index (χ1) is 13.7. The van der Waals surface area contributed by atoms with Gasteiger partial charge in [-0.3, -0.25) is 9.69 Å². The van der Waals surface area contributed by atoms with Gasteiger partial charge in [-0.1, -0.05) is 12.1 Å². The summed E-state index contributed by atoms with van der Waals surface area (Å²) in [4.78, 5) is 17.2. The molecular formula is C23H28N2O2S. The van der Waals surface area contributed by atoms with Gasteiger partial charge in [0.1, 0.15) is 0 Å². The van der Waals surface area contributed by atoms with Gasteiger partial charge in [0, 0.05) is 61.0 Å². The van der Waals surface area contributed by atoms with Crippen molar-refractivity contribution < 1.29 is 4.74 Å². The van der Waals surface area contributed by atoms with Gasteiger partial charge in [-0.05, 0) is 61.3 Å². The number of piperidine rings is 1. The lowest BCUT2D eigenvalue weighted by Gasteiger charge is -2.46. The molecule has 4 nitrogen and oxygen atoms in total. The summed E-state index contributed by atoms with van der Waals surface area (Å²) in [7, 11) is 0. The number of benzene rings is 1. The third kappa shape index (κ3) is 3.34. The van der Waals surface area contributed by atoms with Crippen LogP contribution >= 0.6 is 11.8 Å². The number of pyridine rings is 1. The predicted octanol–water partition coefficient (Wildman–Crippen LogP) is 3.84. The number of aromatic nitrogens is 1. The summed E-state index contributed by atoms with van der Waals surface area (Å²) >= 11 is 1.73. The summed E-state index contributed by atoms with van der Waals surface area (Å²) in [5.41, 5.74) is 3.28. The van der Waals surface area contributed by atoms with Crippen LogP contribution in [0.4, 0.5) is 0 Å². The van der Waals surface area contributed by atoms with Gasteiger partial charge >= 0.3 is 0 Å². The molecule has 4 heterocycles. The minimum Gasteiger partial charge on any atom is -0.381 e. The van der Waals surface area contributed by atoms with Crippen molar-refractivity contribution in [1.82, 2.24) is 9.47 Å². The van der Waals surface area contributed by atoms with E-state index >= 15 is 0 Å². The van der Waals surface area contributed by atoms with Crippen molar-refractivity contribution in [3.05, 3.63) is 52.4 Å². The zero-order chi connectivity index (χ0) is 19.1. The summed E-state index contributed by atoms with van der Waals surface area (Å²) in [5, 5.41) is 0. The Kier molecular flexibility index (Phi) is 5.07. The first-order valence-corrected chi connectivity index (χ1v) is 11.7. The van der Waals surface area contributed by atoms with Crippen molar-refractivity contribution in [3.8, 4) is 11.1 Å². The monoisotopic (exact) mass is 396 g/mol. The standard InChI is InChI=1S/C23H28N2O2S/c1-28-20-4-2-17(3-5-20)21-6-7-22-18-12-16(14-25(22)23(21)26)13-24(15-18)19-8-10-27-11-9-19/h2-7,16,18-19H,8-15H2,1H3/t16-,18-/m1/s1. The lowest BCUT2D eigenvalue weighted by atomic mass is 9.81. The van der Waals surface area contributed by atoms with Gasteiger partial charge < -0.3 is 9.30 Å². The third-order valence-electron chi connectivity index (χ3n) is 6.74. The Balaban J connectivity index is 1.44. The molecule has 2 saturated heterocycles. The highest BCUT2D eigenvalue weighted by Crippen LogP contribution is 2.37. The van der Waals surface area contributed by atoms with Crippen molar-refractivity contribution in [2.24, 2.45) is 5.92 Å². The second-order valence-electron chi connectivity index (χ2n) is 8.41. The van der Waals surface area contributed by atoms with Crippen molar-refractivity contribution >= 4 is 11.8 Å². The first kappa shape index (κ1) is 18.5. The molecule has 148 valence electrons. The molecule has 0 saturated carbocycles. The molecule has 2 atom stereocenters. The second-order valence-corrected chi connectivity index (χ2v) is 9.29. The number of ether oxygens (including phenoxy) is 1. The van der Waals surface area contributed by atoms with Crippen LogP contribution in [-0.2, 0) is 11.3 Å².